The third-order valence-electron chi connectivity index (χ3n) is 3.82. The van der Waals surface area contributed by atoms with Gasteiger partial charge in [0.05, 0.1) is 11.6 Å². The van der Waals surface area contributed by atoms with E-state index in [1.54, 1.807) is 35.1 Å². The third kappa shape index (κ3) is 2.99. The Labute approximate surface area is 133 Å². The molecule has 2 aromatic rings. The summed E-state index contributed by atoms with van der Waals surface area (Å²) in [7, 11) is 0. The van der Waals surface area contributed by atoms with E-state index in [1.165, 1.54) is 12.1 Å². The van der Waals surface area contributed by atoms with Crippen LogP contribution in [0.2, 0.25) is 0 Å². The van der Waals surface area contributed by atoms with Crippen molar-refractivity contribution >= 4 is 23.4 Å². The van der Waals surface area contributed by atoms with E-state index in [0.29, 0.717) is 12.2 Å². The fourth-order valence-electron chi connectivity index (χ4n) is 2.59. The SMILES string of the molecule is CC(C(=O)N1CCCSc2ccc(F)cc21)c1cccnc1. The van der Waals surface area contributed by atoms with Gasteiger partial charge in [0, 0.05) is 23.8 Å². The number of nitrogens with zero attached hydrogens (tertiary/aromatic N) is 2. The summed E-state index contributed by atoms with van der Waals surface area (Å²) in [5.41, 5.74) is 1.56. The summed E-state index contributed by atoms with van der Waals surface area (Å²) in [5, 5.41) is 0. The van der Waals surface area contributed by atoms with Crippen molar-refractivity contribution in [1.82, 2.24) is 4.98 Å². The van der Waals surface area contributed by atoms with E-state index in [4.69, 9.17) is 0 Å². The van der Waals surface area contributed by atoms with Gasteiger partial charge in [-0.05, 0) is 48.9 Å². The molecule has 1 aliphatic heterocycles. The monoisotopic (exact) mass is 316 g/mol. The van der Waals surface area contributed by atoms with E-state index in [9.17, 15) is 9.18 Å². The number of benzene rings is 1. The van der Waals surface area contributed by atoms with Crippen molar-refractivity contribution in [2.45, 2.75) is 24.2 Å². The van der Waals surface area contributed by atoms with Crippen LogP contribution in [-0.4, -0.2) is 23.2 Å². The van der Waals surface area contributed by atoms with Gasteiger partial charge in [-0.15, -0.1) is 11.8 Å². The van der Waals surface area contributed by atoms with Gasteiger partial charge in [-0.1, -0.05) is 6.07 Å². The summed E-state index contributed by atoms with van der Waals surface area (Å²) in [6.07, 6.45) is 4.29. The lowest BCUT2D eigenvalue weighted by Gasteiger charge is -2.26. The largest absolute Gasteiger partial charge is 0.311 e. The van der Waals surface area contributed by atoms with Gasteiger partial charge in [0.1, 0.15) is 5.82 Å². The minimum absolute atomic E-state index is 0.0117. The normalized spacial score (nSPS) is 15.8. The fraction of sp³-hybridized carbons (Fsp3) is 0.294. The summed E-state index contributed by atoms with van der Waals surface area (Å²) >= 11 is 1.67. The van der Waals surface area contributed by atoms with Gasteiger partial charge in [0.25, 0.3) is 0 Å². The van der Waals surface area contributed by atoms with Crippen LogP contribution in [0.25, 0.3) is 0 Å². The standard InChI is InChI=1S/C17H17FN2OS/c1-12(13-4-2-7-19-11-13)17(21)20-8-3-9-22-16-6-5-14(18)10-15(16)20/h2,4-7,10-12H,3,8-9H2,1H3. The van der Waals surface area contributed by atoms with Crippen molar-refractivity contribution in [3.63, 3.8) is 0 Å². The number of carbonyl (C=O) groups is 1. The summed E-state index contributed by atoms with van der Waals surface area (Å²) in [5.74, 6) is 0.312. The van der Waals surface area contributed by atoms with Gasteiger partial charge in [0.2, 0.25) is 5.91 Å². The van der Waals surface area contributed by atoms with Crippen LogP contribution in [0.4, 0.5) is 10.1 Å². The minimum Gasteiger partial charge on any atom is -0.311 e. The molecule has 0 spiro atoms. The number of hydrogen-bond acceptors (Lipinski definition) is 3. The molecule has 0 aliphatic carbocycles. The number of halogens is 1. The predicted octanol–water partition coefficient (Wildman–Crippen LogP) is 3.85. The molecule has 1 aromatic carbocycles. The zero-order valence-corrected chi connectivity index (χ0v) is 13.1. The molecule has 0 saturated heterocycles. The number of carbonyl (C=O) groups excluding carboxylic acids is 1. The number of aromatic nitrogens is 1. The molecule has 114 valence electrons. The van der Waals surface area contributed by atoms with Gasteiger partial charge in [-0.3, -0.25) is 9.78 Å². The molecule has 1 aromatic heterocycles. The average molecular weight is 316 g/mol. The molecule has 5 heteroatoms. The Morgan fingerprint density at radius 3 is 3.05 bits per heavy atom. The van der Waals surface area contributed by atoms with Crippen molar-refractivity contribution < 1.29 is 9.18 Å². The van der Waals surface area contributed by atoms with Gasteiger partial charge in [-0.25, -0.2) is 4.39 Å². The highest BCUT2D eigenvalue weighted by Crippen LogP contribution is 2.35. The molecule has 1 amide bonds. The highest BCUT2D eigenvalue weighted by atomic mass is 32.2. The van der Waals surface area contributed by atoms with Crippen molar-refractivity contribution in [2.24, 2.45) is 0 Å². The summed E-state index contributed by atoms with van der Waals surface area (Å²) in [4.78, 5) is 19.6. The smallest absolute Gasteiger partial charge is 0.234 e. The maximum absolute atomic E-state index is 13.6. The molecule has 0 radical (unpaired) electrons. The highest BCUT2D eigenvalue weighted by Gasteiger charge is 2.26. The van der Waals surface area contributed by atoms with Crippen LogP contribution in [0.1, 0.15) is 24.8 Å². The second-order valence-corrected chi connectivity index (χ2v) is 6.45. The number of amides is 1. The quantitative estimate of drug-likeness (QED) is 0.843. The maximum atomic E-state index is 13.6. The van der Waals surface area contributed by atoms with Crippen molar-refractivity contribution in [2.75, 3.05) is 17.2 Å². The molecule has 0 bridgehead atoms. The Morgan fingerprint density at radius 1 is 1.41 bits per heavy atom. The number of pyridine rings is 1. The molecular formula is C17H17FN2OS. The van der Waals surface area contributed by atoms with E-state index in [0.717, 1.165) is 22.6 Å². The van der Waals surface area contributed by atoms with Crippen LogP contribution >= 0.6 is 11.8 Å². The molecule has 0 N–H and O–H groups in total. The molecule has 3 rings (SSSR count). The van der Waals surface area contributed by atoms with Crippen LogP contribution in [0.15, 0.2) is 47.6 Å². The first-order valence-electron chi connectivity index (χ1n) is 7.30. The average Bonchev–Trinajstić information content (AvgIpc) is 2.76. The first-order chi connectivity index (χ1) is 10.7. The van der Waals surface area contributed by atoms with Crippen molar-refractivity contribution in [1.29, 1.82) is 0 Å². The fourth-order valence-corrected chi connectivity index (χ4v) is 3.56. The Kier molecular flexibility index (Phi) is 4.43. The van der Waals surface area contributed by atoms with Crippen LogP contribution < -0.4 is 4.90 Å². The Morgan fingerprint density at radius 2 is 2.27 bits per heavy atom. The molecule has 0 fully saturated rings. The Balaban J connectivity index is 1.94. The molecule has 1 aliphatic rings. The minimum atomic E-state index is -0.312. The summed E-state index contributed by atoms with van der Waals surface area (Å²) in [6, 6.07) is 8.39. The zero-order chi connectivity index (χ0) is 15.5. The van der Waals surface area contributed by atoms with Crippen LogP contribution in [0, 0.1) is 5.82 Å². The van der Waals surface area contributed by atoms with E-state index in [1.807, 2.05) is 19.1 Å². The highest BCUT2D eigenvalue weighted by molar-refractivity contribution is 7.99. The molecule has 1 unspecified atom stereocenters. The molecule has 22 heavy (non-hydrogen) atoms. The lowest BCUT2D eigenvalue weighted by atomic mass is 10.0. The van der Waals surface area contributed by atoms with E-state index < -0.39 is 0 Å². The predicted molar refractivity (Wildman–Crippen MR) is 86.7 cm³/mol. The number of rotatable bonds is 2. The first kappa shape index (κ1) is 15.0. The topological polar surface area (TPSA) is 33.2 Å². The molecular weight excluding hydrogens is 299 g/mol. The lowest BCUT2D eigenvalue weighted by molar-refractivity contribution is -0.119. The summed E-state index contributed by atoms with van der Waals surface area (Å²) in [6.45, 7) is 2.49. The van der Waals surface area contributed by atoms with Crippen molar-refractivity contribution in [3.05, 3.63) is 54.1 Å². The second kappa shape index (κ2) is 6.48. The van der Waals surface area contributed by atoms with Crippen LogP contribution in [-0.2, 0) is 4.79 Å². The first-order valence-corrected chi connectivity index (χ1v) is 8.29. The van der Waals surface area contributed by atoms with Gasteiger partial charge < -0.3 is 4.90 Å². The maximum Gasteiger partial charge on any atom is 0.234 e. The number of thioether (sulfide) groups is 1. The second-order valence-electron chi connectivity index (χ2n) is 5.31. The molecule has 2 heterocycles. The van der Waals surface area contributed by atoms with Gasteiger partial charge in [0.15, 0.2) is 0 Å². The van der Waals surface area contributed by atoms with Crippen LogP contribution in [0.5, 0.6) is 0 Å². The lowest BCUT2D eigenvalue weighted by Crippen LogP contribution is -2.35. The van der Waals surface area contributed by atoms with Gasteiger partial charge >= 0.3 is 0 Å². The number of hydrogen-bond donors (Lipinski definition) is 0. The van der Waals surface area contributed by atoms with E-state index in [2.05, 4.69) is 4.98 Å². The van der Waals surface area contributed by atoms with Crippen LogP contribution in [0.3, 0.4) is 0 Å². The molecule has 1 atom stereocenters. The molecule has 0 saturated carbocycles. The Bertz CT molecular complexity index is 678. The number of fused-ring (bicyclic) bond motifs is 1. The van der Waals surface area contributed by atoms with Gasteiger partial charge in [-0.2, -0.15) is 0 Å². The van der Waals surface area contributed by atoms with E-state index in [-0.39, 0.29) is 17.6 Å². The summed E-state index contributed by atoms with van der Waals surface area (Å²) < 4.78 is 13.6. The van der Waals surface area contributed by atoms with E-state index >= 15 is 0 Å². The number of anilines is 1. The zero-order valence-electron chi connectivity index (χ0n) is 12.3. The third-order valence-corrected chi connectivity index (χ3v) is 4.97. The van der Waals surface area contributed by atoms with Crippen molar-refractivity contribution in [3.8, 4) is 0 Å². The molecule has 3 nitrogen and oxygen atoms in total. The Hall–Kier alpha value is -1.88.